The fraction of sp³-hybridized carbons (Fsp3) is 0.941. The van der Waals surface area contributed by atoms with Crippen molar-refractivity contribution >= 4 is 5.91 Å². The predicted octanol–water partition coefficient (Wildman–Crippen LogP) is 2.89. The van der Waals surface area contributed by atoms with Gasteiger partial charge in [0.05, 0.1) is 12.1 Å². The topological polar surface area (TPSA) is 38.3 Å². The lowest BCUT2D eigenvalue weighted by Crippen LogP contribution is -2.56. The molecule has 20 heavy (non-hydrogen) atoms. The first-order valence-corrected chi connectivity index (χ1v) is 8.57. The molecule has 1 heterocycles. The Hall–Kier alpha value is -0.570. The van der Waals surface area contributed by atoms with E-state index in [1.807, 2.05) is 0 Å². The lowest BCUT2D eigenvalue weighted by atomic mass is 9.49. The average molecular weight is 277 g/mol. The van der Waals surface area contributed by atoms with Crippen LogP contribution in [0, 0.1) is 23.2 Å². The molecule has 0 unspecified atom stereocenters. The molecule has 0 spiro atoms. The molecule has 5 rings (SSSR count). The molecular weight excluding hydrogens is 250 g/mol. The zero-order valence-electron chi connectivity index (χ0n) is 12.6. The number of carbonyl (C=O) groups excluding carboxylic acids is 1. The fourth-order valence-corrected chi connectivity index (χ4v) is 5.84. The minimum atomic E-state index is -0.0123. The molecule has 1 saturated heterocycles. The quantitative estimate of drug-likeness (QED) is 0.861. The maximum atomic E-state index is 12.9. The summed E-state index contributed by atoms with van der Waals surface area (Å²) >= 11 is 0. The van der Waals surface area contributed by atoms with Crippen LogP contribution < -0.4 is 5.32 Å². The third-order valence-electron chi connectivity index (χ3n) is 6.40. The van der Waals surface area contributed by atoms with Gasteiger partial charge in [-0.1, -0.05) is 0 Å². The van der Waals surface area contributed by atoms with Gasteiger partial charge in [0.25, 0.3) is 0 Å². The van der Waals surface area contributed by atoms with Gasteiger partial charge in [0.15, 0.2) is 0 Å². The summed E-state index contributed by atoms with van der Waals surface area (Å²) < 4.78 is 5.72. The highest BCUT2D eigenvalue weighted by Crippen LogP contribution is 2.60. The van der Waals surface area contributed by atoms with Crippen molar-refractivity contribution in [1.82, 2.24) is 5.32 Å². The van der Waals surface area contributed by atoms with Gasteiger partial charge in [0, 0.05) is 12.0 Å². The second-order valence-electron chi connectivity index (χ2n) is 8.01. The molecule has 0 aromatic rings. The molecule has 0 aromatic heterocycles. The molecule has 5 aliphatic rings. The molecule has 5 fully saturated rings. The van der Waals surface area contributed by atoms with E-state index in [1.54, 1.807) is 0 Å². The van der Waals surface area contributed by atoms with Crippen molar-refractivity contribution in [2.24, 2.45) is 23.2 Å². The molecule has 1 amide bonds. The molecule has 4 saturated carbocycles. The molecule has 4 bridgehead atoms. The molecule has 1 aliphatic heterocycles. The SMILES string of the molecule is C[C@@H](NC(=O)C12CC3CC(CC(C3)C1)C2)[C@@H]1CCCO1. The Morgan fingerprint density at radius 3 is 2.25 bits per heavy atom. The standard InChI is InChI=1S/C17H27NO2/c1-11(15-3-2-4-20-15)18-16(19)17-8-12-5-13(9-17)7-14(6-12)10-17/h11-15H,2-10H2,1H3,(H,18,19)/t11-,12?,13?,14?,15+,17?/m1/s1. The average Bonchev–Trinajstić information content (AvgIpc) is 2.90. The number of hydrogen-bond donors (Lipinski definition) is 1. The van der Waals surface area contributed by atoms with E-state index in [1.165, 1.54) is 19.3 Å². The summed E-state index contributed by atoms with van der Waals surface area (Å²) in [5.74, 6) is 2.86. The van der Waals surface area contributed by atoms with E-state index in [2.05, 4.69) is 12.2 Å². The van der Waals surface area contributed by atoms with Crippen LogP contribution in [0.15, 0.2) is 0 Å². The van der Waals surface area contributed by atoms with Crippen LogP contribution in [0.3, 0.4) is 0 Å². The lowest BCUT2D eigenvalue weighted by molar-refractivity contribution is -0.147. The highest BCUT2D eigenvalue weighted by Gasteiger charge is 2.54. The first-order chi connectivity index (χ1) is 9.64. The van der Waals surface area contributed by atoms with E-state index >= 15 is 0 Å². The van der Waals surface area contributed by atoms with Crippen molar-refractivity contribution in [2.45, 2.75) is 70.4 Å². The summed E-state index contributed by atoms with van der Waals surface area (Å²) in [6, 6.07) is 0.179. The van der Waals surface area contributed by atoms with Gasteiger partial charge in [-0.25, -0.2) is 0 Å². The Labute approximate surface area is 121 Å². The second kappa shape index (κ2) is 4.72. The minimum Gasteiger partial charge on any atom is -0.376 e. The molecule has 0 radical (unpaired) electrons. The van der Waals surface area contributed by atoms with E-state index in [0.717, 1.165) is 56.5 Å². The van der Waals surface area contributed by atoms with Gasteiger partial charge in [0.2, 0.25) is 5.91 Å². The van der Waals surface area contributed by atoms with Gasteiger partial charge in [-0.05, 0) is 76.0 Å². The molecule has 3 nitrogen and oxygen atoms in total. The normalized spacial score (nSPS) is 47.5. The van der Waals surface area contributed by atoms with Gasteiger partial charge in [-0.15, -0.1) is 0 Å². The maximum Gasteiger partial charge on any atom is 0.226 e. The third-order valence-corrected chi connectivity index (χ3v) is 6.40. The number of hydrogen-bond acceptors (Lipinski definition) is 2. The zero-order chi connectivity index (χ0) is 13.7. The van der Waals surface area contributed by atoms with Crippen LogP contribution in [0.1, 0.15) is 58.3 Å². The molecule has 112 valence electrons. The van der Waals surface area contributed by atoms with E-state index < -0.39 is 0 Å². The van der Waals surface area contributed by atoms with Crippen LogP contribution >= 0.6 is 0 Å². The monoisotopic (exact) mass is 277 g/mol. The number of amides is 1. The summed E-state index contributed by atoms with van der Waals surface area (Å²) in [5, 5.41) is 3.31. The smallest absolute Gasteiger partial charge is 0.226 e. The van der Waals surface area contributed by atoms with E-state index in [-0.39, 0.29) is 17.6 Å². The van der Waals surface area contributed by atoms with Crippen LogP contribution in [0.25, 0.3) is 0 Å². The number of nitrogens with one attached hydrogen (secondary N) is 1. The van der Waals surface area contributed by atoms with Gasteiger partial charge < -0.3 is 10.1 Å². The van der Waals surface area contributed by atoms with Crippen molar-refractivity contribution in [1.29, 1.82) is 0 Å². The second-order valence-corrected chi connectivity index (χ2v) is 8.01. The Morgan fingerprint density at radius 1 is 1.15 bits per heavy atom. The molecule has 1 N–H and O–H groups in total. The summed E-state index contributed by atoms with van der Waals surface area (Å²) in [7, 11) is 0. The van der Waals surface area contributed by atoms with E-state index in [9.17, 15) is 4.79 Å². The van der Waals surface area contributed by atoms with Gasteiger partial charge in [-0.3, -0.25) is 4.79 Å². The predicted molar refractivity (Wildman–Crippen MR) is 77.2 cm³/mol. The summed E-state index contributed by atoms with van der Waals surface area (Å²) in [6.45, 7) is 2.98. The number of ether oxygens (including phenoxy) is 1. The summed E-state index contributed by atoms with van der Waals surface area (Å²) in [5.41, 5.74) is -0.0123. The molecular formula is C17H27NO2. The molecule has 0 aromatic carbocycles. The van der Waals surface area contributed by atoms with Crippen LogP contribution in [0.4, 0.5) is 0 Å². The fourth-order valence-electron chi connectivity index (χ4n) is 5.84. The highest BCUT2D eigenvalue weighted by molar-refractivity contribution is 5.83. The van der Waals surface area contributed by atoms with Crippen molar-refractivity contribution in [3.05, 3.63) is 0 Å². The number of rotatable bonds is 3. The van der Waals surface area contributed by atoms with Crippen LogP contribution in [-0.4, -0.2) is 24.7 Å². The van der Waals surface area contributed by atoms with Gasteiger partial charge in [-0.2, -0.15) is 0 Å². The Morgan fingerprint density at radius 2 is 1.75 bits per heavy atom. The largest absolute Gasteiger partial charge is 0.376 e. The van der Waals surface area contributed by atoms with Crippen molar-refractivity contribution in [3.8, 4) is 0 Å². The summed E-state index contributed by atoms with van der Waals surface area (Å²) in [6.07, 6.45) is 10.1. The minimum absolute atomic E-state index is 0.0123. The third kappa shape index (κ3) is 2.09. The Bertz CT molecular complexity index is 365. The highest BCUT2D eigenvalue weighted by atomic mass is 16.5. The van der Waals surface area contributed by atoms with Crippen molar-refractivity contribution in [2.75, 3.05) is 6.61 Å². The van der Waals surface area contributed by atoms with Crippen LogP contribution in [0.5, 0.6) is 0 Å². The first kappa shape index (κ1) is 13.1. The Balaban J connectivity index is 1.45. The van der Waals surface area contributed by atoms with E-state index in [0.29, 0.717) is 5.91 Å². The molecule has 4 aliphatic carbocycles. The van der Waals surface area contributed by atoms with Crippen molar-refractivity contribution in [3.63, 3.8) is 0 Å². The summed E-state index contributed by atoms with van der Waals surface area (Å²) in [4.78, 5) is 12.9. The van der Waals surface area contributed by atoms with Crippen LogP contribution in [0.2, 0.25) is 0 Å². The lowest BCUT2D eigenvalue weighted by Gasteiger charge is -2.55. The van der Waals surface area contributed by atoms with Gasteiger partial charge in [0.1, 0.15) is 0 Å². The van der Waals surface area contributed by atoms with Crippen LogP contribution in [-0.2, 0) is 9.53 Å². The van der Waals surface area contributed by atoms with E-state index in [4.69, 9.17) is 4.74 Å². The number of carbonyl (C=O) groups is 1. The van der Waals surface area contributed by atoms with Crippen molar-refractivity contribution < 1.29 is 9.53 Å². The molecule has 2 atom stereocenters. The zero-order valence-corrected chi connectivity index (χ0v) is 12.6. The maximum absolute atomic E-state index is 12.9. The molecule has 3 heteroatoms. The Kier molecular flexibility index (Phi) is 3.10. The van der Waals surface area contributed by atoms with Gasteiger partial charge >= 0.3 is 0 Å². The first-order valence-electron chi connectivity index (χ1n) is 8.57.